The Morgan fingerprint density at radius 2 is 0.545 bits per heavy atom. The van der Waals surface area contributed by atoms with E-state index in [0.717, 1.165) is 67.3 Å². The molecule has 0 fully saturated rings. The van der Waals surface area contributed by atoms with Crippen molar-refractivity contribution in [2.24, 2.45) is 0 Å². The summed E-state index contributed by atoms with van der Waals surface area (Å²) < 4.78 is 8.29. The van der Waals surface area contributed by atoms with Crippen LogP contribution in [0.1, 0.15) is 86.5 Å². The maximum Gasteiger partial charge on any atom is 0.335 e. The van der Waals surface area contributed by atoms with Gasteiger partial charge >= 0.3 is 23.9 Å². The topological polar surface area (TPSA) is 222 Å². The zero-order valence-corrected chi connectivity index (χ0v) is 47.0. The molecule has 2 aliphatic heterocycles. The van der Waals surface area contributed by atoms with Crippen LogP contribution in [-0.4, -0.2) is 64.2 Å². The summed E-state index contributed by atoms with van der Waals surface area (Å²) >= 11 is 0. The number of aromatic carboxylic acids is 4. The summed E-state index contributed by atoms with van der Waals surface area (Å²) in [6.45, 7) is 1.27. The van der Waals surface area contributed by atoms with Gasteiger partial charge in [-0.1, -0.05) is 48.5 Å². The quantitative estimate of drug-likeness (QED) is 0.0502. The highest BCUT2D eigenvalue weighted by atomic mass is 16.4. The summed E-state index contributed by atoms with van der Waals surface area (Å²) in [6.07, 6.45) is 15.8. The third kappa shape index (κ3) is 11.1. The van der Waals surface area contributed by atoms with Crippen molar-refractivity contribution in [3.05, 3.63) is 286 Å². The minimum Gasteiger partial charge on any atom is -0.478 e. The SMILES string of the molecule is O=C(O)c1cccc(C[n+]2ccccc2-c2c3nc(c(-c4cccc[n+]4Cc4cccc(C(=O)O)c4)c4ccc([nH]4)c(-c4cccc[n+]4Cc4cccc(C(=O)O)c4)c4nc(c(-c5cccc[n+]5Cc5cccc(C(=O)O)c5)c5ccc2[nH]5)C=C4)C=C3)c1. The molecule has 16 nitrogen and oxygen atoms in total. The standard InChI is InChI=1S/C72H50N8O8/c81-69(82)49-17-9-13-45(37-49)41-77-33-5-1-21-61(77)65-53-25-27-55(73-53)66(62-22-2-6-34-78(62)42-46-14-10-18-50(38-46)70(83)84)57-29-31-59(75-57)68(64-24-4-8-36-80(64)44-48-16-12-20-52(40-48)72(87)88)60-32-30-58(76-60)67(56-28-26-54(65)74-56)63-23-3-7-35-79(63)43-47-15-11-19-51(39-47)71(85)86/h1-40H,41-44H2,(H2-3,73,74,75,76,81,82,83,84,85,86,87,88)/p+4. The number of fused-ring (bicyclic) bond motifs is 8. The third-order valence-electron chi connectivity index (χ3n) is 15.6. The average Bonchev–Trinajstić information content (AvgIpc) is 2.82. The van der Waals surface area contributed by atoms with Crippen molar-refractivity contribution >= 4 is 70.2 Å². The fourth-order valence-corrected chi connectivity index (χ4v) is 11.6. The molecule has 0 saturated carbocycles. The van der Waals surface area contributed by atoms with Crippen LogP contribution in [0.5, 0.6) is 0 Å². The van der Waals surface area contributed by atoms with Gasteiger partial charge in [-0.2, -0.15) is 18.3 Å². The number of aromatic nitrogens is 8. The number of nitrogens with zero attached hydrogens (tertiary/aromatic N) is 6. The number of rotatable bonds is 16. The summed E-state index contributed by atoms with van der Waals surface area (Å²) in [5, 5.41) is 40.1. The smallest absolute Gasteiger partial charge is 0.335 e. The van der Waals surface area contributed by atoms with Gasteiger partial charge in [-0.05, 0) is 121 Å². The highest BCUT2D eigenvalue weighted by molar-refractivity contribution is 5.98. The van der Waals surface area contributed by atoms with E-state index in [1.165, 1.54) is 0 Å². The Balaban J connectivity index is 1.13. The highest BCUT2D eigenvalue weighted by Crippen LogP contribution is 2.37. The fourth-order valence-electron chi connectivity index (χ4n) is 11.6. The van der Waals surface area contributed by atoms with Crippen LogP contribution >= 0.6 is 0 Å². The number of aromatic amines is 2. The predicted molar refractivity (Wildman–Crippen MR) is 331 cm³/mol. The van der Waals surface area contributed by atoms with E-state index in [1.54, 1.807) is 72.8 Å². The normalized spacial score (nSPS) is 11.6. The lowest BCUT2D eigenvalue weighted by atomic mass is 10.1. The van der Waals surface area contributed by atoms with Gasteiger partial charge in [-0.25, -0.2) is 29.1 Å². The largest absolute Gasteiger partial charge is 0.478 e. The Hall–Kier alpha value is -12.0. The molecule has 0 aliphatic carbocycles. The second-order valence-corrected chi connectivity index (χ2v) is 21.4. The van der Waals surface area contributed by atoms with Crippen LogP contribution in [0.15, 0.2) is 219 Å². The van der Waals surface area contributed by atoms with Gasteiger partial charge in [0.25, 0.3) is 0 Å². The molecule has 7 aromatic heterocycles. The van der Waals surface area contributed by atoms with Crippen molar-refractivity contribution in [3.8, 4) is 45.0 Å². The molecule has 4 aromatic carbocycles. The number of H-pyrrole nitrogens is 2. The molecule has 88 heavy (non-hydrogen) atoms. The van der Waals surface area contributed by atoms with Crippen LogP contribution in [0.3, 0.4) is 0 Å². The Morgan fingerprint density at radius 1 is 0.307 bits per heavy atom. The van der Waals surface area contributed by atoms with Crippen molar-refractivity contribution in [1.82, 2.24) is 19.9 Å². The molecule has 6 N–H and O–H groups in total. The van der Waals surface area contributed by atoms with Crippen molar-refractivity contribution in [2.75, 3.05) is 0 Å². The zero-order valence-electron chi connectivity index (χ0n) is 47.0. The molecule has 9 heterocycles. The first-order valence-electron chi connectivity index (χ1n) is 28.3. The van der Waals surface area contributed by atoms with Crippen molar-refractivity contribution in [2.45, 2.75) is 26.2 Å². The minimum atomic E-state index is -1.03. The van der Waals surface area contributed by atoms with Gasteiger partial charge in [0.05, 0.1) is 89.4 Å². The lowest BCUT2D eigenvalue weighted by molar-refractivity contribution is -0.677. The molecule has 2 aliphatic rings. The molecule has 0 amide bonds. The van der Waals surface area contributed by atoms with Crippen LogP contribution in [-0.2, 0) is 26.2 Å². The van der Waals surface area contributed by atoms with Crippen LogP contribution in [0.25, 0.3) is 91.4 Å². The van der Waals surface area contributed by atoms with Crippen molar-refractivity contribution < 1.29 is 57.9 Å². The van der Waals surface area contributed by atoms with Crippen LogP contribution in [0.2, 0.25) is 0 Å². The third-order valence-corrected chi connectivity index (χ3v) is 15.6. The molecular formula is C72H54N8O8+4. The molecule has 13 rings (SSSR count). The summed E-state index contributed by atoms with van der Waals surface area (Å²) in [6, 6.07) is 59.3. The number of carboxylic acids is 4. The summed E-state index contributed by atoms with van der Waals surface area (Å²) in [4.78, 5) is 67.9. The van der Waals surface area contributed by atoms with Gasteiger partial charge in [0.1, 0.15) is 0 Å². The van der Waals surface area contributed by atoms with Gasteiger partial charge in [-0.3, -0.25) is 0 Å². The van der Waals surface area contributed by atoms with Crippen LogP contribution in [0, 0.1) is 0 Å². The predicted octanol–water partition coefficient (Wildman–Crippen LogP) is 11.5. The van der Waals surface area contributed by atoms with Gasteiger partial charge in [-0.15, -0.1) is 0 Å². The monoisotopic (exact) mass is 1160 g/mol. The van der Waals surface area contributed by atoms with Gasteiger partial charge in [0.2, 0.25) is 22.8 Å². The minimum absolute atomic E-state index is 0.170. The van der Waals surface area contributed by atoms with E-state index >= 15 is 0 Å². The molecule has 0 unspecified atom stereocenters. The van der Waals surface area contributed by atoms with Crippen LogP contribution in [0.4, 0.5) is 0 Å². The lowest BCUT2D eigenvalue weighted by Crippen LogP contribution is -2.36. The van der Waals surface area contributed by atoms with E-state index in [1.807, 2.05) is 170 Å². The highest BCUT2D eigenvalue weighted by Gasteiger charge is 2.29. The second-order valence-electron chi connectivity index (χ2n) is 21.4. The number of hydrogen-bond acceptors (Lipinski definition) is 6. The Kier molecular flexibility index (Phi) is 14.8. The van der Waals surface area contributed by atoms with Gasteiger partial charge in [0, 0.05) is 70.8 Å². The molecule has 16 heteroatoms. The summed E-state index contributed by atoms with van der Waals surface area (Å²) in [5.41, 5.74) is 15.1. The van der Waals surface area contributed by atoms with Crippen molar-refractivity contribution in [3.63, 3.8) is 0 Å². The molecule has 8 bridgehead atoms. The first-order valence-corrected chi connectivity index (χ1v) is 28.3. The zero-order chi connectivity index (χ0) is 60.4. The Labute approximate surface area is 503 Å². The van der Waals surface area contributed by atoms with E-state index in [0.29, 0.717) is 71.0 Å². The second kappa shape index (κ2) is 23.5. The Morgan fingerprint density at radius 3 is 0.773 bits per heavy atom. The fraction of sp³-hybridized carbons (Fsp3) is 0.0556. The molecule has 0 spiro atoms. The van der Waals surface area contributed by atoms with E-state index in [-0.39, 0.29) is 22.3 Å². The number of carbonyl (C=O) groups is 4. The molecule has 426 valence electrons. The summed E-state index contributed by atoms with van der Waals surface area (Å²) in [7, 11) is 0. The van der Waals surface area contributed by atoms with Crippen molar-refractivity contribution in [1.29, 1.82) is 0 Å². The maximum atomic E-state index is 12.2. The lowest BCUT2D eigenvalue weighted by Gasteiger charge is -2.08. The molecule has 0 radical (unpaired) electrons. The number of benzene rings is 4. The van der Waals surface area contributed by atoms with E-state index in [2.05, 4.69) is 28.2 Å². The van der Waals surface area contributed by atoms with Gasteiger partial charge < -0.3 is 30.4 Å². The maximum absolute atomic E-state index is 12.2. The van der Waals surface area contributed by atoms with E-state index < -0.39 is 23.9 Å². The molecule has 0 atom stereocenters. The van der Waals surface area contributed by atoms with E-state index in [4.69, 9.17) is 9.97 Å². The number of hydrogen-bond donors (Lipinski definition) is 6. The summed E-state index contributed by atoms with van der Waals surface area (Å²) in [5.74, 6) is -4.11. The average molecular weight is 1160 g/mol. The number of carboxylic acid groups (broad SMARTS) is 4. The number of pyridine rings is 4. The first-order chi connectivity index (χ1) is 42.9. The molecule has 0 saturated heterocycles. The first kappa shape index (κ1) is 55.2. The van der Waals surface area contributed by atoms with Crippen LogP contribution < -0.4 is 18.3 Å². The number of nitrogens with one attached hydrogen (secondary N) is 2. The molecule has 11 aromatic rings. The van der Waals surface area contributed by atoms with E-state index in [9.17, 15) is 39.6 Å². The van der Waals surface area contributed by atoms with Gasteiger partial charge in [0.15, 0.2) is 51.0 Å². The molecular weight excluding hydrogens is 1100 g/mol. The Bertz CT molecular complexity index is 4320.